The molecule has 0 radical (unpaired) electrons. The number of furan rings is 1. The van der Waals surface area contributed by atoms with Crippen molar-refractivity contribution >= 4 is 5.91 Å². The molecule has 0 aromatic carbocycles. The summed E-state index contributed by atoms with van der Waals surface area (Å²) in [5.41, 5.74) is 0. The number of hydrogen-bond donors (Lipinski definition) is 2. The molecule has 2 heterocycles. The molecule has 17 heavy (non-hydrogen) atoms. The fraction of sp³-hybridized carbons (Fsp3) is 0.167. The third-order valence-corrected chi connectivity index (χ3v) is 2.21. The Balaban J connectivity index is 1.85. The van der Waals surface area contributed by atoms with E-state index < -0.39 is 0 Å². The summed E-state index contributed by atoms with van der Waals surface area (Å²) in [6.07, 6.45) is 4.77. The lowest BCUT2D eigenvalue weighted by molar-refractivity contribution is -0.684. The molecule has 0 spiro atoms. The first-order valence-corrected chi connectivity index (χ1v) is 5.21. The Morgan fingerprint density at radius 2 is 2.29 bits per heavy atom. The fourth-order valence-corrected chi connectivity index (χ4v) is 1.43. The molecule has 5 heteroatoms. The molecule has 0 unspecified atom stereocenters. The number of amides is 1. The van der Waals surface area contributed by atoms with Gasteiger partial charge in [-0.15, -0.1) is 0 Å². The maximum atomic E-state index is 11.6. The monoisotopic (exact) mass is 233 g/mol. The summed E-state index contributed by atoms with van der Waals surface area (Å²) >= 11 is 0. The number of pyridine rings is 1. The Hall–Kier alpha value is -2.30. The minimum absolute atomic E-state index is 0.131. The highest BCUT2D eigenvalue weighted by molar-refractivity contribution is 5.74. The van der Waals surface area contributed by atoms with E-state index >= 15 is 0 Å². The van der Waals surface area contributed by atoms with Crippen LogP contribution in [0.2, 0.25) is 0 Å². The molecule has 2 N–H and O–H groups in total. The van der Waals surface area contributed by atoms with Gasteiger partial charge in [0.25, 0.3) is 5.91 Å². The highest BCUT2D eigenvalue weighted by Crippen LogP contribution is 2.00. The molecule has 1 amide bonds. The van der Waals surface area contributed by atoms with E-state index in [9.17, 15) is 9.90 Å². The Kier molecular flexibility index (Phi) is 3.40. The second-order valence-electron chi connectivity index (χ2n) is 3.59. The molecule has 2 aromatic heterocycles. The van der Waals surface area contributed by atoms with Crippen LogP contribution in [0, 0.1) is 0 Å². The van der Waals surface area contributed by atoms with Crippen LogP contribution in [-0.2, 0) is 17.9 Å². The highest BCUT2D eigenvalue weighted by atomic mass is 16.3. The van der Waals surface area contributed by atoms with Gasteiger partial charge in [-0.1, -0.05) is 0 Å². The summed E-state index contributed by atoms with van der Waals surface area (Å²) in [4.78, 5) is 11.6. The van der Waals surface area contributed by atoms with Gasteiger partial charge in [-0.2, -0.15) is 4.57 Å². The van der Waals surface area contributed by atoms with E-state index in [0.29, 0.717) is 12.3 Å². The van der Waals surface area contributed by atoms with Gasteiger partial charge in [-0.3, -0.25) is 4.79 Å². The van der Waals surface area contributed by atoms with Gasteiger partial charge in [0.1, 0.15) is 5.76 Å². The molecule has 0 saturated heterocycles. The van der Waals surface area contributed by atoms with Gasteiger partial charge in [-0.25, -0.2) is 0 Å². The Bertz CT molecular complexity index is 494. The normalized spacial score (nSPS) is 10.1. The van der Waals surface area contributed by atoms with Gasteiger partial charge in [0.2, 0.25) is 12.7 Å². The van der Waals surface area contributed by atoms with Gasteiger partial charge >= 0.3 is 0 Å². The van der Waals surface area contributed by atoms with Crippen molar-refractivity contribution in [3.8, 4) is 5.75 Å². The predicted octanol–water partition coefficient (Wildman–Crippen LogP) is 0.589. The van der Waals surface area contributed by atoms with E-state index in [1.807, 2.05) is 0 Å². The quantitative estimate of drug-likeness (QED) is 0.759. The lowest BCUT2D eigenvalue weighted by Gasteiger charge is -2.00. The SMILES string of the molecule is O=C(C[n+]1cccc(O)c1)NCc1ccco1. The molecular weight excluding hydrogens is 220 g/mol. The van der Waals surface area contributed by atoms with Crippen LogP contribution in [0.25, 0.3) is 0 Å². The second kappa shape index (κ2) is 5.16. The number of nitrogens with one attached hydrogen (secondary N) is 1. The van der Waals surface area contributed by atoms with Crippen molar-refractivity contribution in [2.24, 2.45) is 0 Å². The van der Waals surface area contributed by atoms with Gasteiger partial charge in [0.05, 0.1) is 12.8 Å². The minimum Gasteiger partial charge on any atom is -0.503 e. The zero-order valence-corrected chi connectivity index (χ0v) is 9.17. The molecule has 0 atom stereocenters. The zero-order chi connectivity index (χ0) is 12.1. The number of aromatic nitrogens is 1. The first-order chi connectivity index (χ1) is 8.24. The summed E-state index contributed by atoms with van der Waals surface area (Å²) in [6, 6.07) is 6.79. The molecule has 0 aliphatic rings. The smallest absolute Gasteiger partial charge is 0.286 e. The molecule has 2 rings (SSSR count). The molecule has 2 aromatic rings. The van der Waals surface area contributed by atoms with Gasteiger partial charge in [-0.05, 0) is 18.2 Å². The van der Waals surface area contributed by atoms with Crippen molar-refractivity contribution in [1.82, 2.24) is 5.32 Å². The molecule has 88 valence electrons. The average Bonchev–Trinajstić information content (AvgIpc) is 2.79. The molecule has 0 saturated carbocycles. The van der Waals surface area contributed by atoms with E-state index in [1.54, 1.807) is 41.3 Å². The van der Waals surface area contributed by atoms with Gasteiger partial charge in [0, 0.05) is 6.07 Å². The summed E-state index contributed by atoms with van der Waals surface area (Å²) in [5, 5.41) is 12.0. The van der Waals surface area contributed by atoms with E-state index in [2.05, 4.69) is 5.32 Å². The van der Waals surface area contributed by atoms with E-state index in [-0.39, 0.29) is 18.2 Å². The third-order valence-electron chi connectivity index (χ3n) is 2.21. The van der Waals surface area contributed by atoms with Crippen molar-refractivity contribution in [3.63, 3.8) is 0 Å². The predicted molar refractivity (Wildman–Crippen MR) is 58.9 cm³/mol. The number of rotatable bonds is 4. The summed E-state index contributed by atoms with van der Waals surface area (Å²) in [5.74, 6) is 0.697. The van der Waals surface area contributed by atoms with Gasteiger partial charge in [0.15, 0.2) is 11.9 Å². The summed E-state index contributed by atoms with van der Waals surface area (Å²) in [7, 11) is 0. The maximum absolute atomic E-state index is 11.6. The van der Waals surface area contributed by atoms with Crippen LogP contribution in [0.5, 0.6) is 5.75 Å². The van der Waals surface area contributed by atoms with Crippen LogP contribution in [-0.4, -0.2) is 11.0 Å². The molecule has 0 fully saturated rings. The molecule has 0 aliphatic carbocycles. The van der Waals surface area contributed by atoms with Crippen molar-refractivity contribution in [2.45, 2.75) is 13.1 Å². The molecular formula is C12H13N2O3+. The van der Waals surface area contributed by atoms with Crippen LogP contribution in [0.1, 0.15) is 5.76 Å². The number of carbonyl (C=O) groups excluding carboxylic acids is 1. The van der Waals surface area contributed by atoms with Crippen molar-refractivity contribution < 1.29 is 18.9 Å². The van der Waals surface area contributed by atoms with Crippen molar-refractivity contribution in [2.75, 3.05) is 0 Å². The van der Waals surface area contributed by atoms with Crippen LogP contribution in [0.15, 0.2) is 47.3 Å². The standard InChI is InChI=1S/C12H12N2O3/c15-10-3-1-5-14(8-10)9-12(16)13-7-11-4-2-6-17-11/h1-6,8H,7,9H2,(H-,13,15,16)/p+1. The van der Waals surface area contributed by atoms with Gasteiger partial charge < -0.3 is 14.8 Å². The number of hydrogen-bond acceptors (Lipinski definition) is 3. The Labute approximate surface area is 98.3 Å². The first-order valence-electron chi connectivity index (χ1n) is 5.21. The number of aromatic hydroxyl groups is 1. The lowest BCUT2D eigenvalue weighted by Crippen LogP contribution is -2.42. The van der Waals surface area contributed by atoms with Crippen LogP contribution >= 0.6 is 0 Å². The number of nitrogens with zero attached hydrogens (tertiary/aromatic N) is 1. The van der Waals surface area contributed by atoms with E-state index in [4.69, 9.17) is 4.42 Å². The van der Waals surface area contributed by atoms with Crippen LogP contribution < -0.4 is 9.88 Å². The van der Waals surface area contributed by atoms with Crippen molar-refractivity contribution in [1.29, 1.82) is 0 Å². The molecule has 0 bridgehead atoms. The zero-order valence-electron chi connectivity index (χ0n) is 9.17. The average molecular weight is 233 g/mol. The minimum atomic E-state index is -0.142. The highest BCUT2D eigenvalue weighted by Gasteiger charge is 2.09. The van der Waals surface area contributed by atoms with Crippen LogP contribution in [0.3, 0.4) is 0 Å². The lowest BCUT2D eigenvalue weighted by atomic mass is 10.4. The maximum Gasteiger partial charge on any atom is 0.286 e. The fourth-order valence-electron chi connectivity index (χ4n) is 1.43. The Morgan fingerprint density at radius 3 is 3.00 bits per heavy atom. The first kappa shape index (κ1) is 11.2. The summed E-state index contributed by atoms with van der Waals surface area (Å²) < 4.78 is 6.70. The van der Waals surface area contributed by atoms with E-state index in [0.717, 1.165) is 0 Å². The Morgan fingerprint density at radius 1 is 1.41 bits per heavy atom. The number of carbonyl (C=O) groups is 1. The molecule has 0 aliphatic heterocycles. The van der Waals surface area contributed by atoms with Crippen LogP contribution in [0.4, 0.5) is 0 Å². The summed E-state index contributed by atoms with van der Waals surface area (Å²) in [6.45, 7) is 0.528. The second-order valence-corrected chi connectivity index (χ2v) is 3.59. The van der Waals surface area contributed by atoms with Crippen molar-refractivity contribution in [3.05, 3.63) is 48.7 Å². The third kappa shape index (κ3) is 3.34. The molecule has 5 nitrogen and oxygen atoms in total. The topological polar surface area (TPSA) is 66.3 Å². The van der Waals surface area contributed by atoms with E-state index in [1.165, 1.54) is 6.20 Å². The largest absolute Gasteiger partial charge is 0.503 e.